The van der Waals surface area contributed by atoms with E-state index in [0.717, 1.165) is 22.8 Å². The Morgan fingerprint density at radius 3 is 2.88 bits per heavy atom. The zero-order valence-corrected chi connectivity index (χ0v) is 12.9. The van der Waals surface area contributed by atoms with Gasteiger partial charge in [0.05, 0.1) is 12.2 Å². The van der Waals surface area contributed by atoms with E-state index in [1.165, 1.54) is 18.4 Å². The normalized spacial score (nSPS) is 12.9. The van der Waals surface area contributed by atoms with Crippen LogP contribution in [0.5, 0.6) is 0 Å². The standard InChI is InChI=1S/C19H11F2N3O/c20-14-3-4-15(16(21)8-14)17-18(24-5-6-25-19(24)23-17)11-1-2-12-9-22-10-13(12)7-11/h1-9H,10H2. The molecule has 6 heteroatoms. The Morgan fingerprint density at radius 2 is 2.00 bits per heavy atom. The first kappa shape index (κ1) is 14.1. The van der Waals surface area contributed by atoms with Crippen molar-refractivity contribution >= 4 is 12.1 Å². The number of aliphatic imine (C=N–C) groups is 1. The van der Waals surface area contributed by atoms with E-state index in [4.69, 9.17) is 4.42 Å². The summed E-state index contributed by atoms with van der Waals surface area (Å²) in [6.45, 7) is 0.622. The summed E-state index contributed by atoms with van der Waals surface area (Å²) in [4.78, 5) is 8.67. The fourth-order valence-corrected chi connectivity index (χ4v) is 3.19. The molecule has 1 aliphatic heterocycles. The summed E-state index contributed by atoms with van der Waals surface area (Å²) in [7, 11) is 0. The molecule has 1 aliphatic rings. The Kier molecular flexibility index (Phi) is 2.88. The maximum Gasteiger partial charge on any atom is 0.306 e. The molecular weight excluding hydrogens is 324 g/mol. The molecule has 0 fully saturated rings. The zero-order valence-electron chi connectivity index (χ0n) is 12.9. The molecule has 0 atom stereocenters. The summed E-state index contributed by atoms with van der Waals surface area (Å²) >= 11 is 0. The predicted octanol–water partition coefficient (Wildman–Crippen LogP) is 4.47. The SMILES string of the molecule is Fc1ccc(-c2nc3occn3c2-c2ccc3c(c2)CN=C3)c(F)c1. The van der Waals surface area contributed by atoms with Gasteiger partial charge < -0.3 is 4.42 Å². The van der Waals surface area contributed by atoms with Gasteiger partial charge in [0, 0.05) is 29.6 Å². The van der Waals surface area contributed by atoms with E-state index in [9.17, 15) is 8.78 Å². The van der Waals surface area contributed by atoms with Crippen LogP contribution in [0, 0.1) is 11.6 Å². The lowest BCUT2D eigenvalue weighted by Gasteiger charge is -2.07. The fraction of sp³-hybridized carbons (Fsp3) is 0.0526. The van der Waals surface area contributed by atoms with Gasteiger partial charge in [-0.05, 0) is 29.3 Å². The molecule has 4 aromatic rings. The van der Waals surface area contributed by atoms with Crippen LogP contribution >= 0.6 is 0 Å². The third-order valence-corrected chi connectivity index (χ3v) is 4.36. The minimum absolute atomic E-state index is 0.229. The number of hydrogen-bond acceptors (Lipinski definition) is 3. The maximum absolute atomic E-state index is 14.3. The van der Waals surface area contributed by atoms with Crippen molar-refractivity contribution in [2.45, 2.75) is 6.54 Å². The van der Waals surface area contributed by atoms with Crippen molar-refractivity contribution in [1.82, 2.24) is 9.38 Å². The van der Waals surface area contributed by atoms with Crippen molar-refractivity contribution in [2.24, 2.45) is 4.99 Å². The van der Waals surface area contributed by atoms with Crippen LogP contribution in [0.15, 0.2) is 58.3 Å². The number of fused-ring (bicyclic) bond motifs is 2. The van der Waals surface area contributed by atoms with Gasteiger partial charge in [-0.3, -0.25) is 9.39 Å². The van der Waals surface area contributed by atoms with Gasteiger partial charge in [0.25, 0.3) is 0 Å². The van der Waals surface area contributed by atoms with Crippen LogP contribution in [0.2, 0.25) is 0 Å². The first-order chi connectivity index (χ1) is 12.2. The Hall–Kier alpha value is -3.28. The van der Waals surface area contributed by atoms with Crippen LogP contribution in [0.1, 0.15) is 11.1 Å². The third kappa shape index (κ3) is 2.11. The molecule has 0 radical (unpaired) electrons. The van der Waals surface area contributed by atoms with Gasteiger partial charge in [-0.2, -0.15) is 4.98 Å². The summed E-state index contributed by atoms with van der Waals surface area (Å²) in [5, 5.41) is 0. The number of hydrogen-bond donors (Lipinski definition) is 0. The Morgan fingerprint density at radius 1 is 1.08 bits per heavy atom. The van der Waals surface area contributed by atoms with Crippen molar-refractivity contribution in [3.8, 4) is 22.5 Å². The van der Waals surface area contributed by atoms with Gasteiger partial charge in [-0.25, -0.2) is 8.78 Å². The molecule has 3 heterocycles. The van der Waals surface area contributed by atoms with Gasteiger partial charge in [0.1, 0.15) is 23.6 Å². The second-order valence-corrected chi connectivity index (χ2v) is 5.87. The number of halogens is 2. The largest absolute Gasteiger partial charge is 0.432 e. The van der Waals surface area contributed by atoms with Crippen LogP contribution in [0.25, 0.3) is 28.4 Å². The smallest absolute Gasteiger partial charge is 0.306 e. The van der Waals surface area contributed by atoms with Gasteiger partial charge in [0.15, 0.2) is 0 Å². The minimum Gasteiger partial charge on any atom is -0.432 e. The zero-order chi connectivity index (χ0) is 17.0. The van der Waals surface area contributed by atoms with Gasteiger partial charge in [-0.1, -0.05) is 12.1 Å². The molecular formula is C19H11F2N3O. The fourth-order valence-electron chi connectivity index (χ4n) is 3.19. The lowest BCUT2D eigenvalue weighted by Crippen LogP contribution is -1.93. The van der Waals surface area contributed by atoms with Crippen molar-refractivity contribution in [3.05, 3.63) is 71.6 Å². The molecule has 0 N–H and O–H groups in total. The average Bonchev–Trinajstić information content (AvgIpc) is 3.29. The Labute approximate surface area is 141 Å². The highest BCUT2D eigenvalue weighted by molar-refractivity contribution is 5.88. The topological polar surface area (TPSA) is 42.8 Å². The average molecular weight is 335 g/mol. The van der Waals surface area contributed by atoms with E-state index in [-0.39, 0.29) is 5.56 Å². The summed E-state index contributed by atoms with van der Waals surface area (Å²) in [6, 6.07) is 9.41. The number of rotatable bonds is 2. The van der Waals surface area contributed by atoms with E-state index in [1.54, 1.807) is 10.6 Å². The second-order valence-electron chi connectivity index (χ2n) is 5.87. The summed E-state index contributed by atoms with van der Waals surface area (Å²) in [6.07, 6.45) is 5.09. The molecule has 2 aromatic heterocycles. The van der Waals surface area contributed by atoms with E-state index in [0.29, 0.717) is 23.8 Å². The molecule has 122 valence electrons. The van der Waals surface area contributed by atoms with Crippen molar-refractivity contribution in [2.75, 3.05) is 0 Å². The highest BCUT2D eigenvalue weighted by Gasteiger charge is 2.21. The quantitative estimate of drug-likeness (QED) is 0.542. The van der Waals surface area contributed by atoms with Crippen molar-refractivity contribution < 1.29 is 13.2 Å². The lowest BCUT2D eigenvalue weighted by atomic mass is 10.0. The number of aromatic nitrogens is 2. The van der Waals surface area contributed by atoms with E-state index < -0.39 is 11.6 Å². The monoisotopic (exact) mass is 335 g/mol. The first-order valence-electron chi connectivity index (χ1n) is 7.75. The summed E-state index contributed by atoms with van der Waals surface area (Å²) in [5.74, 6) is -0.933. The molecule has 0 saturated carbocycles. The van der Waals surface area contributed by atoms with Crippen molar-refractivity contribution in [1.29, 1.82) is 0 Å². The summed E-state index contributed by atoms with van der Waals surface area (Å²) < 4.78 is 34.8. The van der Waals surface area contributed by atoms with Crippen LogP contribution in [-0.2, 0) is 6.54 Å². The first-order valence-corrected chi connectivity index (χ1v) is 7.75. The minimum atomic E-state index is -0.661. The van der Waals surface area contributed by atoms with E-state index in [2.05, 4.69) is 9.98 Å². The van der Waals surface area contributed by atoms with Crippen LogP contribution in [0.4, 0.5) is 8.78 Å². The Balaban J connectivity index is 1.78. The third-order valence-electron chi connectivity index (χ3n) is 4.36. The number of imidazole rings is 1. The number of oxazole rings is 1. The van der Waals surface area contributed by atoms with Gasteiger partial charge >= 0.3 is 5.84 Å². The predicted molar refractivity (Wildman–Crippen MR) is 89.5 cm³/mol. The van der Waals surface area contributed by atoms with Gasteiger partial charge in [0.2, 0.25) is 0 Å². The van der Waals surface area contributed by atoms with E-state index >= 15 is 0 Å². The van der Waals surface area contributed by atoms with Gasteiger partial charge in [-0.15, -0.1) is 0 Å². The molecule has 0 unspecified atom stereocenters. The van der Waals surface area contributed by atoms with Crippen molar-refractivity contribution in [3.63, 3.8) is 0 Å². The molecule has 0 amide bonds. The maximum atomic E-state index is 14.3. The second kappa shape index (κ2) is 5.11. The molecule has 0 saturated heterocycles. The van der Waals surface area contributed by atoms with Crippen LogP contribution < -0.4 is 0 Å². The molecule has 4 nitrogen and oxygen atoms in total. The van der Waals surface area contributed by atoms with E-state index in [1.807, 2.05) is 24.4 Å². The summed E-state index contributed by atoms with van der Waals surface area (Å²) in [5.41, 5.74) is 4.39. The highest BCUT2D eigenvalue weighted by Crippen LogP contribution is 2.35. The van der Waals surface area contributed by atoms with Crippen LogP contribution in [-0.4, -0.2) is 15.6 Å². The molecule has 5 rings (SSSR count). The number of benzene rings is 2. The number of nitrogens with zero attached hydrogens (tertiary/aromatic N) is 3. The molecule has 0 bridgehead atoms. The Bertz CT molecular complexity index is 1160. The van der Waals surface area contributed by atoms with Crippen LogP contribution in [0.3, 0.4) is 0 Å². The lowest BCUT2D eigenvalue weighted by molar-refractivity contribution is 0.585. The molecule has 0 aliphatic carbocycles. The molecule has 25 heavy (non-hydrogen) atoms. The molecule has 2 aromatic carbocycles. The molecule has 0 spiro atoms. The highest BCUT2D eigenvalue weighted by atomic mass is 19.1.